The van der Waals surface area contributed by atoms with Gasteiger partial charge in [-0.15, -0.1) is 10.2 Å². The van der Waals surface area contributed by atoms with Crippen molar-refractivity contribution in [3.8, 4) is 17.1 Å². The van der Waals surface area contributed by atoms with Gasteiger partial charge in [0.05, 0.1) is 0 Å². The predicted molar refractivity (Wildman–Crippen MR) is 81.0 cm³/mol. The lowest BCUT2D eigenvalue weighted by Crippen LogP contribution is -2.01. The molecule has 3 nitrogen and oxygen atoms in total. The Kier molecular flexibility index (Phi) is 3.29. The van der Waals surface area contributed by atoms with Gasteiger partial charge < -0.3 is 0 Å². The molecule has 0 aliphatic rings. The second-order valence-corrected chi connectivity index (χ2v) is 5.26. The summed E-state index contributed by atoms with van der Waals surface area (Å²) in [7, 11) is 0. The van der Waals surface area contributed by atoms with Gasteiger partial charge in [-0.2, -0.15) is 0 Å². The number of aryl methyl sites for hydroxylation is 3. The molecule has 0 fully saturated rings. The molecule has 0 atom stereocenters. The second-order valence-electron chi connectivity index (χ2n) is 5.26. The van der Waals surface area contributed by atoms with Crippen LogP contribution in [0.25, 0.3) is 17.1 Å². The van der Waals surface area contributed by atoms with Gasteiger partial charge in [0.2, 0.25) is 0 Å². The summed E-state index contributed by atoms with van der Waals surface area (Å²) >= 11 is 0. The van der Waals surface area contributed by atoms with Crippen LogP contribution in [0.15, 0.2) is 42.5 Å². The Bertz CT molecular complexity index is 768. The Balaban J connectivity index is 2.19. The zero-order chi connectivity index (χ0) is 15.0. The van der Waals surface area contributed by atoms with Crippen molar-refractivity contribution < 1.29 is 4.39 Å². The summed E-state index contributed by atoms with van der Waals surface area (Å²) in [6.07, 6.45) is 0. The number of hydrogen-bond acceptors (Lipinski definition) is 2. The predicted octanol–water partition coefficient (Wildman–Crippen LogP) is 4.00. The van der Waals surface area contributed by atoms with Crippen molar-refractivity contribution in [3.05, 3.63) is 65.2 Å². The Hall–Kier alpha value is -2.49. The lowest BCUT2D eigenvalue weighted by molar-refractivity contribution is 0.628. The van der Waals surface area contributed by atoms with E-state index in [1.807, 2.05) is 11.5 Å². The number of hydrogen-bond donors (Lipinski definition) is 0. The van der Waals surface area contributed by atoms with Crippen LogP contribution in [0.4, 0.5) is 4.39 Å². The zero-order valence-corrected chi connectivity index (χ0v) is 12.3. The molecule has 0 N–H and O–H groups in total. The van der Waals surface area contributed by atoms with Gasteiger partial charge in [-0.25, -0.2) is 4.39 Å². The Morgan fingerprint density at radius 2 is 1.48 bits per heavy atom. The number of halogens is 1. The molecule has 0 saturated carbocycles. The van der Waals surface area contributed by atoms with E-state index in [2.05, 4.69) is 42.2 Å². The van der Waals surface area contributed by atoms with E-state index in [0.29, 0.717) is 0 Å². The lowest BCUT2D eigenvalue weighted by atomic mass is 10.1. The highest BCUT2D eigenvalue weighted by Crippen LogP contribution is 2.24. The summed E-state index contributed by atoms with van der Waals surface area (Å²) in [5.74, 6) is 1.27. The average molecular weight is 281 g/mol. The van der Waals surface area contributed by atoms with Crippen LogP contribution in [0.5, 0.6) is 0 Å². The number of aromatic nitrogens is 3. The number of nitrogens with zero attached hydrogens (tertiary/aromatic N) is 3. The highest BCUT2D eigenvalue weighted by molar-refractivity contribution is 5.59. The maximum atomic E-state index is 13.1. The summed E-state index contributed by atoms with van der Waals surface area (Å²) in [4.78, 5) is 0. The molecule has 0 radical (unpaired) electrons. The SMILES string of the molecule is Cc1cc(C)cc(-n2c(C)nnc2-c2ccc(F)cc2)c1. The van der Waals surface area contributed by atoms with E-state index < -0.39 is 0 Å². The first-order valence-corrected chi connectivity index (χ1v) is 6.81. The van der Waals surface area contributed by atoms with E-state index in [1.165, 1.54) is 23.3 Å². The molecule has 21 heavy (non-hydrogen) atoms. The third kappa shape index (κ3) is 2.57. The van der Waals surface area contributed by atoms with Crippen LogP contribution >= 0.6 is 0 Å². The molecule has 0 saturated heterocycles. The summed E-state index contributed by atoms with van der Waals surface area (Å²) in [5.41, 5.74) is 4.23. The largest absolute Gasteiger partial charge is 0.279 e. The maximum absolute atomic E-state index is 13.1. The highest BCUT2D eigenvalue weighted by atomic mass is 19.1. The second kappa shape index (κ2) is 5.13. The van der Waals surface area contributed by atoms with Crippen molar-refractivity contribution in [2.45, 2.75) is 20.8 Å². The van der Waals surface area contributed by atoms with E-state index in [-0.39, 0.29) is 5.82 Å². The van der Waals surface area contributed by atoms with Crippen molar-refractivity contribution in [1.82, 2.24) is 14.8 Å². The molecule has 0 unspecified atom stereocenters. The van der Waals surface area contributed by atoms with Crippen molar-refractivity contribution in [2.24, 2.45) is 0 Å². The normalized spacial score (nSPS) is 10.9. The monoisotopic (exact) mass is 281 g/mol. The van der Waals surface area contributed by atoms with Gasteiger partial charge in [0.25, 0.3) is 0 Å². The molecule has 0 spiro atoms. The minimum Gasteiger partial charge on any atom is -0.279 e. The maximum Gasteiger partial charge on any atom is 0.168 e. The van der Waals surface area contributed by atoms with Crippen LogP contribution in [0.2, 0.25) is 0 Å². The molecule has 0 bridgehead atoms. The van der Waals surface area contributed by atoms with Crippen molar-refractivity contribution in [3.63, 3.8) is 0 Å². The molecule has 0 aliphatic heterocycles. The van der Waals surface area contributed by atoms with Crippen molar-refractivity contribution in [2.75, 3.05) is 0 Å². The molecule has 3 aromatic rings. The first-order chi connectivity index (χ1) is 10.0. The molecule has 2 aromatic carbocycles. The standard InChI is InChI=1S/C17H16FN3/c1-11-8-12(2)10-16(9-11)21-13(3)19-20-17(21)14-4-6-15(18)7-5-14/h4-10H,1-3H3. The van der Waals surface area contributed by atoms with Crippen molar-refractivity contribution in [1.29, 1.82) is 0 Å². The summed E-state index contributed by atoms with van der Waals surface area (Å²) in [5, 5.41) is 8.41. The summed E-state index contributed by atoms with van der Waals surface area (Å²) < 4.78 is 15.1. The van der Waals surface area contributed by atoms with E-state index in [0.717, 1.165) is 22.9 Å². The van der Waals surface area contributed by atoms with Gasteiger partial charge in [0, 0.05) is 11.3 Å². The van der Waals surface area contributed by atoms with Gasteiger partial charge in [-0.05, 0) is 68.3 Å². The molecule has 0 amide bonds. The van der Waals surface area contributed by atoms with Crippen LogP contribution in [0.3, 0.4) is 0 Å². The quantitative estimate of drug-likeness (QED) is 0.711. The zero-order valence-electron chi connectivity index (χ0n) is 12.3. The van der Waals surface area contributed by atoms with E-state index in [1.54, 1.807) is 12.1 Å². The van der Waals surface area contributed by atoms with Crippen LogP contribution in [-0.4, -0.2) is 14.8 Å². The molecular formula is C17H16FN3. The Morgan fingerprint density at radius 3 is 2.10 bits per heavy atom. The Morgan fingerprint density at radius 1 is 0.857 bits per heavy atom. The number of rotatable bonds is 2. The first-order valence-electron chi connectivity index (χ1n) is 6.81. The van der Waals surface area contributed by atoms with Crippen LogP contribution in [0.1, 0.15) is 17.0 Å². The molecule has 4 heteroatoms. The highest BCUT2D eigenvalue weighted by Gasteiger charge is 2.13. The van der Waals surface area contributed by atoms with Gasteiger partial charge >= 0.3 is 0 Å². The molecule has 1 aromatic heterocycles. The fourth-order valence-corrected chi connectivity index (χ4v) is 2.54. The molecule has 1 heterocycles. The lowest BCUT2D eigenvalue weighted by Gasteiger charge is -2.11. The van der Waals surface area contributed by atoms with Gasteiger partial charge in [0.15, 0.2) is 5.82 Å². The van der Waals surface area contributed by atoms with Crippen LogP contribution in [0, 0.1) is 26.6 Å². The Labute approximate surface area is 123 Å². The first kappa shape index (κ1) is 13.5. The molecule has 106 valence electrons. The van der Waals surface area contributed by atoms with Gasteiger partial charge in [0.1, 0.15) is 11.6 Å². The van der Waals surface area contributed by atoms with E-state index in [9.17, 15) is 4.39 Å². The molecule has 3 rings (SSSR count). The third-order valence-electron chi connectivity index (χ3n) is 3.39. The summed E-state index contributed by atoms with van der Waals surface area (Å²) in [6, 6.07) is 12.6. The smallest absolute Gasteiger partial charge is 0.168 e. The molecular weight excluding hydrogens is 265 g/mol. The molecule has 0 aliphatic carbocycles. The topological polar surface area (TPSA) is 30.7 Å². The fraction of sp³-hybridized carbons (Fsp3) is 0.176. The van der Waals surface area contributed by atoms with E-state index in [4.69, 9.17) is 0 Å². The van der Waals surface area contributed by atoms with Gasteiger partial charge in [-0.3, -0.25) is 4.57 Å². The average Bonchev–Trinajstić information content (AvgIpc) is 2.80. The number of benzene rings is 2. The summed E-state index contributed by atoms with van der Waals surface area (Å²) in [6.45, 7) is 6.04. The third-order valence-corrected chi connectivity index (χ3v) is 3.39. The van der Waals surface area contributed by atoms with Crippen LogP contribution < -0.4 is 0 Å². The van der Waals surface area contributed by atoms with E-state index >= 15 is 0 Å². The minimum atomic E-state index is -0.257. The van der Waals surface area contributed by atoms with Gasteiger partial charge in [-0.1, -0.05) is 6.07 Å². The fourth-order valence-electron chi connectivity index (χ4n) is 2.54. The minimum absolute atomic E-state index is 0.257. The van der Waals surface area contributed by atoms with Crippen LogP contribution in [-0.2, 0) is 0 Å². The van der Waals surface area contributed by atoms with Crippen molar-refractivity contribution >= 4 is 0 Å².